The Morgan fingerprint density at radius 1 is 1.33 bits per heavy atom. The lowest BCUT2D eigenvalue weighted by atomic mass is 9.95. The van der Waals surface area contributed by atoms with Crippen molar-refractivity contribution in [2.45, 2.75) is 39.0 Å². The molecule has 1 N–H and O–H groups in total. The zero-order chi connectivity index (χ0) is 17.5. The zero-order valence-corrected chi connectivity index (χ0v) is 15.1. The maximum Gasteiger partial charge on any atom is 0.227 e. The molecule has 1 fully saturated rings. The molecule has 1 aromatic carbocycles. The molecule has 0 atom stereocenters. The van der Waals surface area contributed by atoms with E-state index in [1.807, 2.05) is 4.90 Å². The zero-order valence-electron chi connectivity index (χ0n) is 14.3. The summed E-state index contributed by atoms with van der Waals surface area (Å²) in [5.74, 6) is 0.698. The van der Waals surface area contributed by atoms with Crippen LogP contribution in [0.1, 0.15) is 39.0 Å². The number of nitrogens with zero attached hydrogens (tertiary/aromatic N) is 1. The van der Waals surface area contributed by atoms with Gasteiger partial charge >= 0.3 is 0 Å². The molecule has 132 valence electrons. The quantitative estimate of drug-likeness (QED) is 0.848. The van der Waals surface area contributed by atoms with Gasteiger partial charge in [0, 0.05) is 31.1 Å². The Morgan fingerprint density at radius 3 is 2.62 bits per heavy atom. The second-order valence-corrected chi connectivity index (χ2v) is 6.50. The fourth-order valence-electron chi connectivity index (χ4n) is 2.87. The van der Waals surface area contributed by atoms with Gasteiger partial charge in [0.25, 0.3) is 0 Å². The van der Waals surface area contributed by atoms with Crippen LogP contribution >= 0.6 is 11.6 Å². The highest BCUT2D eigenvalue weighted by Gasteiger charge is 2.27. The van der Waals surface area contributed by atoms with E-state index in [2.05, 4.69) is 12.2 Å². The number of hydrogen-bond donors (Lipinski definition) is 1. The first-order valence-corrected chi connectivity index (χ1v) is 8.85. The van der Waals surface area contributed by atoms with Crippen molar-refractivity contribution in [1.82, 2.24) is 4.90 Å². The average molecular weight is 353 g/mol. The molecule has 0 bridgehead atoms. The van der Waals surface area contributed by atoms with E-state index in [9.17, 15) is 9.59 Å². The van der Waals surface area contributed by atoms with E-state index in [0.717, 1.165) is 12.8 Å². The number of amides is 2. The van der Waals surface area contributed by atoms with Crippen LogP contribution < -0.4 is 10.1 Å². The van der Waals surface area contributed by atoms with Crippen molar-refractivity contribution in [3.8, 4) is 5.75 Å². The van der Waals surface area contributed by atoms with Gasteiger partial charge in [-0.3, -0.25) is 9.59 Å². The van der Waals surface area contributed by atoms with Crippen molar-refractivity contribution >= 4 is 29.1 Å². The first-order valence-electron chi connectivity index (χ1n) is 8.47. The number of hydrogen-bond acceptors (Lipinski definition) is 3. The molecule has 1 heterocycles. The molecule has 1 aliphatic rings. The van der Waals surface area contributed by atoms with Gasteiger partial charge in [0.05, 0.1) is 12.1 Å². The number of likely N-dealkylation sites (tertiary alicyclic amines) is 1. The summed E-state index contributed by atoms with van der Waals surface area (Å²) in [6.45, 7) is 3.39. The number of carbonyl (C=O) groups excluding carboxylic acids is 2. The minimum atomic E-state index is -0.0684. The van der Waals surface area contributed by atoms with Gasteiger partial charge < -0.3 is 15.0 Å². The normalized spacial score (nSPS) is 15.2. The summed E-state index contributed by atoms with van der Waals surface area (Å²) in [5, 5.41) is 3.36. The lowest BCUT2D eigenvalue weighted by Crippen LogP contribution is -2.41. The van der Waals surface area contributed by atoms with Gasteiger partial charge in [-0.15, -0.1) is 0 Å². The van der Waals surface area contributed by atoms with Crippen molar-refractivity contribution < 1.29 is 14.3 Å². The van der Waals surface area contributed by atoms with Gasteiger partial charge in [-0.1, -0.05) is 24.9 Å². The first kappa shape index (κ1) is 18.6. The SMILES string of the molecule is CCCCC(=O)N1CCC(C(=O)Nc2ccc(OC)c(Cl)c2)CC1. The Bertz CT molecular complexity index is 584. The maximum absolute atomic E-state index is 12.4. The van der Waals surface area contributed by atoms with Gasteiger partial charge in [0.15, 0.2) is 0 Å². The largest absolute Gasteiger partial charge is 0.495 e. The molecular weight excluding hydrogens is 328 g/mol. The summed E-state index contributed by atoms with van der Waals surface area (Å²) >= 11 is 6.07. The van der Waals surface area contributed by atoms with E-state index < -0.39 is 0 Å². The summed E-state index contributed by atoms with van der Waals surface area (Å²) in [4.78, 5) is 26.3. The number of halogens is 1. The third-order valence-electron chi connectivity index (χ3n) is 4.38. The highest BCUT2D eigenvalue weighted by Crippen LogP contribution is 2.28. The van der Waals surface area contributed by atoms with Crippen LogP contribution in [0.15, 0.2) is 18.2 Å². The Kier molecular flexibility index (Phi) is 6.91. The standard InChI is InChI=1S/C18H25ClN2O3/c1-3-4-5-17(22)21-10-8-13(9-11-21)18(23)20-14-6-7-16(24-2)15(19)12-14/h6-7,12-13H,3-5,8-11H2,1-2H3,(H,20,23). The molecule has 0 aliphatic carbocycles. The number of nitrogens with one attached hydrogen (secondary N) is 1. The highest BCUT2D eigenvalue weighted by molar-refractivity contribution is 6.32. The van der Waals surface area contributed by atoms with Crippen LogP contribution in [0.5, 0.6) is 5.75 Å². The molecule has 2 amide bonds. The summed E-state index contributed by atoms with van der Waals surface area (Å²) < 4.78 is 5.10. The van der Waals surface area contributed by atoms with E-state index in [1.165, 1.54) is 0 Å². The van der Waals surface area contributed by atoms with Crippen LogP contribution in [0.3, 0.4) is 0 Å². The number of rotatable bonds is 6. The van der Waals surface area contributed by atoms with Crippen LogP contribution in [0.25, 0.3) is 0 Å². The van der Waals surface area contributed by atoms with Crippen molar-refractivity contribution in [2.24, 2.45) is 5.92 Å². The van der Waals surface area contributed by atoms with Crippen molar-refractivity contribution in [3.63, 3.8) is 0 Å². The topological polar surface area (TPSA) is 58.6 Å². The van der Waals surface area contributed by atoms with Crippen molar-refractivity contribution in [1.29, 1.82) is 0 Å². The number of anilines is 1. The molecule has 0 saturated carbocycles. The van der Waals surface area contributed by atoms with Gasteiger partial charge in [-0.2, -0.15) is 0 Å². The van der Waals surface area contributed by atoms with Crippen LogP contribution in [-0.4, -0.2) is 36.9 Å². The number of carbonyl (C=O) groups is 2. The van der Waals surface area contributed by atoms with E-state index >= 15 is 0 Å². The Labute approximate surface area is 148 Å². The third kappa shape index (κ3) is 4.87. The van der Waals surface area contributed by atoms with E-state index in [1.54, 1.807) is 25.3 Å². The van der Waals surface area contributed by atoms with Crippen LogP contribution in [0.4, 0.5) is 5.69 Å². The Morgan fingerprint density at radius 2 is 2.04 bits per heavy atom. The number of benzene rings is 1. The second kappa shape index (κ2) is 8.92. The lowest BCUT2D eigenvalue weighted by molar-refractivity contribution is -0.134. The van der Waals surface area contributed by atoms with Crippen molar-refractivity contribution in [3.05, 3.63) is 23.2 Å². The van der Waals surface area contributed by atoms with Gasteiger partial charge in [-0.25, -0.2) is 0 Å². The van der Waals surface area contributed by atoms with E-state index in [-0.39, 0.29) is 17.7 Å². The molecule has 2 rings (SSSR count). The molecule has 0 radical (unpaired) electrons. The molecule has 5 nitrogen and oxygen atoms in total. The van der Waals surface area contributed by atoms with Crippen LogP contribution in [-0.2, 0) is 9.59 Å². The first-order chi connectivity index (χ1) is 11.5. The molecule has 0 unspecified atom stereocenters. The predicted molar refractivity (Wildman–Crippen MR) is 95.5 cm³/mol. The molecule has 6 heteroatoms. The van der Waals surface area contributed by atoms with Gasteiger partial charge in [0.2, 0.25) is 11.8 Å². The summed E-state index contributed by atoms with van der Waals surface area (Å²) in [6.07, 6.45) is 3.96. The summed E-state index contributed by atoms with van der Waals surface area (Å²) in [5.41, 5.74) is 0.659. The Balaban J connectivity index is 1.84. The molecule has 0 spiro atoms. The monoisotopic (exact) mass is 352 g/mol. The number of methoxy groups -OCH3 is 1. The maximum atomic E-state index is 12.4. The molecule has 1 aliphatic heterocycles. The number of unbranched alkanes of at least 4 members (excludes halogenated alkanes) is 1. The highest BCUT2D eigenvalue weighted by atomic mass is 35.5. The minimum Gasteiger partial charge on any atom is -0.495 e. The number of ether oxygens (including phenoxy) is 1. The fraction of sp³-hybridized carbons (Fsp3) is 0.556. The fourth-order valence-corrected chi connectivity index (χ4v) is 3.12. The average Bonchev–Trinajstić information content (AvgIpc) is 2.60. The molecule has 1 saturated heterocycles. The smallest absolute Gasteiger partial charge is 0.227 e. The molecule has 0 aromatic heterocycles. The van der Waals surface area contributed by atoms with Crippen LogP contribution in [0, 0.1) is 5.92 Å². The van der Waals surface area contributed by atoms with E-state index in [0.29, 0.717) is 48.8 Å². The molecule has 24 heavy (non-hydrogen) atoms. The Hall–Kier alpha value is -1.75. The second-order valence-electron chi connectivity index (χ2n) is 6.10. The van der Waals surface area contributed by atoms with Gasteiger partial charge in [-0.05, 0) is 37.5 Å². The van der Waals surface area contributed by atoms with E-state index in [4.69, 9.17) is 16.3 Å². The minimum absolute atomic E-state index is 0.0168. The molecular formula is C18H25ClN2O3. The predicted octanol–water partition coefficient (Wildman–Crippen LogP) is 3.72. The molecule has 1 aromatic rings. The van der Waals surface area contributed by atoms with Crippen LogP contribution in [0.2, 0.25) is 5.02 Å². The van der Waals surface area contributed by atoms with Gasteiger partial charge in [0.1, 0.15) is 5.75 Å². The third-order valence-corrected chi connectivity index (χ3v) is 4.68. The van der Waals surface area contributed by atoms with Crippen molar-refractivity contribution in [2.75, 3.05) is 25.5 Å². The lowest BCUT2D eigenvalue weighted by Gasteiger charge is -2.31. The summed E-state index contributed by atoms with van der Waals surface area (Å²) in [7, 11) is 1.55. The number of piperidine rings is 1. The summed E-state index contributed by atoms with van der Waals surface area (Å²) in [6, 6.07) is 5.18.